The van der Waals surface area contributed by atoms with E-state index in [9.17, 15) is 4.79 Å². The Morgan fingerprint density at radius 1 is 1.59 bits per heavy atom. The molecule has 1 amide bonds. The lowest BCUT2D eigenvalue weighted by atomic mass is 10.1. The summed E-state index contributed by atoms with van der Waals surface area (Å²) in [4.78, 5) is 11.4. The Bertz CT molecular complexity index is 429. The topological polar surface area (TPSA) is 49.3 Å². The molecule has 3 nitrogen and oxygen atoms in total. The van der Waals surface area contributed by atoms with Gasteiger partial charge < -0.3 is 10.4 Å². The number of aliphatic hydroxyl groups is 1. The van der Waals surface area contributed by atoms with Gasteiger partial charge in [-0.15, -0.1) is 0 Å². The number of hydrogen-bond acceptors (Lipinski definition) is 2. The summed E-state index contributed by atoms with van der Waals surface area (Å²) < 4.78 is 0. The number of carbonyl (C=O) groups excluding carboxylic acids is 1. The van der Waals surface area contributed by atoms with Crippen LogP contribution >= 0.6 is 11.6 Å². The smallest absolute Gasteiger partial charge is 0.244 e. The molecule has 0 saturated heterocycles. The number of aliphatic hydroxyl groups excluding tert-OH is 1. The van der Waals surface area contributed by atoms with E-state index in [1.165, 1.54) is 6.08 Å². The molecule has 0 radical (unpaired) electrons. The Hall–Kier alpha value is -1.32. The van der Waals surface area contributed by atoms with Gasteiger partial charge in [-0.1, -0.05) is 23.7 Å². The highest BCUT2D eigenvalue weighted by molar-refractivity contribution is 6.31. The van der Waals surface area contributed by atoms with Crippen LogP contribution < -0.4 is 5.32 Å². The molecule has 0 aliphatic rings. The number of nitrogens with one attached hydrogen (secondary N) is 1. The van der Waals surface area contributed by atoms with E-state index in [0.717, 1.165) is 11.1 Å². The van der Waals surface area contributed by atoms with E-state index >= 15 is 0 Å². The average Bonchev–Trinajstić information content (AvgIpc) is 2.30. The zero-order valence-corrected chi connectivity index (χ0v) is 10.7. The molecule has 1 aromatic carbocycles. The van der Waals surface area contributed by atoms with Crippen LogP contribution in [0.2, 0.25) is 5.02 Å². The molecule has 0 spiro atoms. The number of benzene rings is 1. The summed E-state index contributed by atoms with van der Waals surface area (Å²) in [5.74, 6) is -0.233. The zero-order chi connectivity index (χ0) is 12.8. The minimum atomic E-state index is -0.242. The first-order valence-corrected chi connectivity index (χ1v) is 5.76. The lowest BCUT2D eigenvalue weighted by Crippen LogP contribution is -2.33. The molecule has 0 saturated carbocycles. The van der Waals surface area contributed by atoms with E-state index in [1.807, 2.05) is 19.1 Å². The molecule has 0 unspecified atom stereocenters. The highest BCUT2D eigenvalue weighted by Gasteiger charge is 2.02. The fraction of sp³-hybridized carbons (Fsp3) is 0.308. The van der Waals surface area contributed by atoms with Crippen molar-refractivity contribution in [2.45, 2.75) is 19.9 Å². The minimum absolute atomic E-state index is 0.0735. The van der Waals surface area contributed by atoms with Crippen LogP contribution in [0.25, 0.3) is 6.08 Å². The molecule has 0 bridgehead atoms. The Kier molecular flexibility index (Phi) is 5.19. The van der Waals surface area contributed by atoms with E-state index in [-0.39, 0.29) is 18.6 Å². The molecule has 92 valence electrons. The lowest BCUT2D eigenvalue weighted by molar-refractivity contribution is -0.117. The first-order chi connectivity index (χ1) is 8.02. The van der Waals surface area contributed by atoms with E-state index < -0.39 is 0 Å². The molecule has 1 aromatic rings. The van der Waals surface area contributed by atoms with E-state index in [2.05, 4.69) is 5.32 Å². The van der Waals surface area contributed by atoms with Crippen molar-refractivity contribution in [1.82, 2.24) is 5.32 Å². The third kappa shape index (κ3) is 4.59. The molecule has 0 aliphatic heterocycles. The van der Waals surface area contributed by atoms with Crippen LogP contribution in [0.15, 0.2) is 24.3 Å². The van der Waals surface area contributed by atoms with E-state index in [0.29, 0.717) is 5.02 Å². The molecule has 1 rings (SSSR count). The van der Waals surface area contributed by atoms with Crippen molar-refractivity contribution in [3.05, 3.63) is 40.4 Å². The van der Waals surface area contributed by atoms with Crippen LogP contribution in [0.1, 0.15) is 18.1 Å². The van der Waals surface area contributed by atoms with Crippen LogP contribution in [0, 0.1) is 6.92 Å². The molecule has 4 heteroatoms. The fourth-order valence-corrected chi connectivity index (χ4v) is 1.41. The molecule has 0 heterocycles. The van der Waals surface area contributed by atoms with Crippen molar-refractivity contribution in [1.29, 1.82) is 0 Å². The number of amides is 1. The van der Waals surface area contributed by atoms with Crippen LogP contribution in [0.4, 0.5) is 0 Å². The third-order valence-corrected chi connectivity index (χ3v) is 2.69. The summed E-state index contributed by atoms with van der Waals surface area (Å²) in [6.45, 7) is 3.58. The molecule has 0 aliphatic carbocycles. The monoisotopic (exact) mass is 253 g/mol. The standard InChI is InChI=1S/C13H16ClNO2/c1-9-3-4-11(7-12(9)14)5-6-13(17)15-10(2)8-16/h3-7,10,16H,8H2,1-2H3,(H,15,17)/t10-/m0/s1. The molecule has 0 fully saturated rings. The normalized spacial score (nSPS) is 12.7. The Morgan fingerprint density at radius 2 is 2.29 bits per heavy atom. The highest BCUT2D eigenvalue weighted by atomic mass is 35.5. The summed E-state index contributed by atoms with van der Waals surface area (Å²) in [5.41, 5.74) is 1.87. The quantitative estimate of drug-likeness (QED) is 0.808. The van der Waals surface area contributed by atoms with Gasteiger partial charge in [0.05, 0.1) is 6.61 Å². The second-order valence-corrected chi connectivity index (χ2v) is 4.34. The SMILES string of the molecule is Cc1ccc(C=CC(=O)N[C@@H](C)CO)cc1Cl. The Morgan fingerprint density at radius 3 is 2.88 bits per heavy atom. The predicted octanol–water partition coefficient (Wildman–Crippen LogP) is 2.16. The molecular formula is C13H16ClNO2. The Balaban J connectivity index is 2.64. The van der Waals surface area contributed by atoms with Crippen molar-refractivity contribution in [3.63, 3.8) is 0 Å². The second-order valence-electron chi connectivity index (χ2n) is 3.93. The second kappa shape index (κ2) is 6.42. The zero-order valence-electron chi connectivity index (χ0n) is 9.90. The molecule has 0 aromatic heterocycles. The van der Waals surface area contributed by atoms with Crippen molar-refractivity contribution in [3.8, 4) is 0 Å². The Labute approximate surface area is 106 Å². The number of hydrogen-bond donors (Lipinski definition) is 2. The van der Waals surface area contributed by atoms with Crippen molar-refractivity contribution in [2.75, 3.05) is 6.61 Å². The number of aryl methyl sites for hydroxylation is 1. The first kappa shape index (κ1) is 13.7. The van der Waals surface area contributed by atoms with E-state index in [1.54, 1.807) is 19.1 Å². The van der Waals surface area contributed by atoms with Gasteiger partial charge in [0.25, 0.3) is 0 Å². The fourth-order valence-electron chi connectivity index (χ4n) is 1.22. The van der Waals surface area contributed by atoms with Gasteiger partial charge in [0.2, 0.25) is 5.91 Å². The third-order valence-electron chi connectivity index (χ3n) is 2.29. The van der Waals surface area contributed by atoms with Crippen LogP contribution in [-0.4, -0.2) is 23.7 Å². The first-order valence-electron chi connectivity index (χ1n) is 5.38. The van der Waals surface area contributed by atoms with Gasteiger partial charge in [0.1, 0.15) is 0 Å². The van der Waals surface area contributed by atoms with Crippen LogP contribution in [-0.2, 0) is 4.79 Å². The maximum Gasteiger partial charge on any atom is 0.244 e. The summed E-state index contributed by atoms with van der Waals surface area (Å²) in [6, 6.07) is 5.35. The number of carbonyl (C=O) groups is 1. The van der Waals surface area contributed by atoms with Gasteiger partial charge in [-0.3, -0.25) is 4.79 Å². The van der Waals surface area contributed by atoms with Gasteiger partial charge in [0.15, 0.2) is 0 Å². The van der Waals surface area contributed by atoms with E-state index in [4.69, 9.17) is 16.7 Å². The van der Waals surface area contributed by atoms with Gasteiger partial charge in [-0.25, -0.2) is 0 Å². The van der Waals surface area contributed by atoms with Gasteiger partial charge >= 0.3 is 0 Å². The minimum Gasteiger partial charge on any atom is -0.394 e. The highest BCUT2D eigenvalue weighted by Crippen LogP contribution is 2.17. The van der Waals surface area contributed by atoms with Gasteiger partial charge in [-0.2, -0.15) is 0 Å². The predicted molar refractivity (Wildman–Crippen MR) is 69.9 cm³/mol. The summed E-state index contributed by atoms with van der Waals surface area (Å²) >= 11 is 5.97. The van der Waals surface area contributed by atoms with Crippen molar-refractivity contribution >= 4 is 23.6 Å². The molecular weight excluding hydrogens is 238 g/mol. The van der Waals surface area contributed by atoms with Crippen molar-refractivity contribution < 1.29 is 9.90 Å². The maximum atomic E-state index is 11.4. The van der Waals surface area contributed by atoms with Gasteiger partial charge in [0, 0.05) is 17.1 Å². The lowest BCUT2D eigenvalue weighted by Gasteiger charge is -2.07. The van der Waals surface area contributed by atoms with Gasteiger partial charge in [-0.05, 0) is 37.1 Å². The summed E-state index contributed by atoms with van der Waals surface area (Å²) in [6.07, 6.45) is 3.11. The maximum absolute atomic E-state index is 11.4. The molecule has 17 heavy (non-hydrogen) atoms. The number of rotatable bonds is 4. The summed E-state index contributed by atoms with van der Waals surface area (Å²) in [7, 11) is 0. The van der Waals surface area contributed by atoms with Crippen molar-refractivity contribution in [2.24, 2.45) is 0 Å². The number of halogens is 1. The molecule has 2 N–H and O–H groups in total. The van der Waals surface area contributed by atoms with Crippen LogP contribution in [0.3, 0.4) is 0 Å². The summed E-state index contributed by atoms with van der Waals surface area (Å²) in [5, 5.41) is 12.1. The molecule has 1 atom stereocenters. The average molecular weight is 254 g/mol. The largest absolute Gasteiger partial charge is 0.394 e. The van der Waals surface area contributed by atoms with Crippen LogP contribution in [0.5, 0.6) is 0 Å².